The topological polar surface area (TPSA) is 35.5 Å². The van der Waals surface area contributed by atoms with Crippen LogP contribution in [-0.2, 0) is 16.0 Å². The minimum Gasteiger partial charge on any atom is -0.478 e. The highest BCUT2D eigenvalue weighted by atomic mass is 32.4. The predicted octanol–water partition coefficient (Wildman–Crippen LogP) is 6.21. The molecule has 1 unspecified atom stereocenters. The molecule has 26 heavy (non-hydrogen) atoms. The SMILES string of the molecule is CCOC(=O)C1CCc2ccc(S[Si](C(C)C)(C(C)C)C(C)C)cc2O1. The van der Waals surface area contributed by atoms with E-state index in [1.54, 1.807) is 0 Å². The van der Waals surface area contributed by atoms with E-state index < -0.39 is 13.3 Å². The summed E-state index contributed by atoms with van der Waals surface area (Å²) in [5.74, 6) is 0.616. The summed E-state index contributed by atoms with van der Waals surface area (Å²) >= 11 is 2.10. The lowest BCUT2D eigenvalue weighted by Crippen LogP contribution is -2.41. The van der Waals surface area contributed by atoms with Crippen LogP contribution in [-0.4, -0.2) is 25.9 Å². The van der Waals surface area contributed by atoms with Crippen LogP contribution >= 0.6 is 11.2 Å². The van der Waals surface area contributed by atoms with Crippen molar-refractivity contribution in [2.24, 2.45) is 0 Å². The molecule has 0 amide bonds. The largest absolute Gasteiger partial charge is 0.478 e. The van der Waals surface area contributed by atoms with Gasteiger partial charge >= 0.3 is 5.97 Å². The monoisotopic (exact) mass is 394 g/mol. The van der Waals surface area contributed by atoms with Gasteiger partial charge in [-0.3, -0.25) is 0 Å². The summed E-state index contributed by atoms with van der Waals surface area (Å²) in [6.07, 6.45) is 1.09. The standard InChI is InChI=1S/C21H34O3SSi/c1-8-23-21(22)19-12-10-17-9-11-18(13-20(17)24-19)25-26(14(2)3,15(4)5)16(6)7/h9,11,13-16,19H,8,10,12H2,1-7H3. The van der Waals surface area contributed by atoms with Crippen molar-refractivity contribution in [3.05, 3.63) is 23.8 Å². The Balaban J connectivity index is 2.27. The van der Waals surface area contributed by atoms with Crippen LogP contribution in [0, 0.1) is 0 Å². The van der Waals surface area contributed by atoms with E-state index in [0.29, 0.717) is 29.7 Å². The van der Waals surface area contributed by atoms with Gasteiger partial charge in [0.25, 0.3) is 0 Å². The van der Waals surface area contributed by atoms with Crippen LogP contribution in [0.5, 0.6) is 5.75 Å². The lowest BCUT2D eigenvalue weighted by atomic mass is 10.0. The molecule has 1 aromatic carbocycles. The van der Waals surface area contributed by atoms with Crippen molar-refractivity contribution in [3.8, 4) is 5.75 Å². The molecule has 1 heterocycles. The summed E-state index contributed by atoms with van der Waals surface area (Å²) in [7, 11) is -1.60. The highest BCUT2D eigenvalue weighted by Crippen LogP contribution is 2.52. The highest BCUT2D eigenvalue weighted by Gasteiger charge is 2.44. The van der Waals surface area contributed by atoms with Gasteiger partial charge in [0.05, 0.1) is 6.61 Å². The molecule has 0 bridgehead atoms. The zero-order chi connectivity index (χ0) is 19.5. The van der Waals surface area contributed by atoms with E-state index >= 15 is 0 Å². The van der Waals surface area contributed by atoms with E-state index in [9.17, 15) is 4.79 Å². The zero-order valence-electron chi connectivity index (χ0n) is 17.3. The summed E-state index contributed by atoms with van der Waals surface area (Å²) in [4.78, 5) is 13.3. The second kappa shape index (κ2) is 8.83. The van der Waals surface area contributed by atoms with Crippen molar-refractivity contribution in [3.63, 3.8) is 0 Å². The smallest absolute Gasteiger partial charge is 0.347 e. The van der Waals surface area contributed by atoms with Crippen LogP contribution in [0.2, 0.25) is 16.6 Å². The van der Waals surface area contributed by atoms with Crippen LogP contribution in [0.15, 0.2) is 23.1 Å². The Morgan fingerprint density at radius 1 is 1.19 bits per heavy atom. The van der Waals surface area contributed by atoms with Crippen molar-refractivity contribution in [2.45, 2.75) is 88.9 Å². The number of hydrogen-bond acceptors (Lipinski definition) is 4. The van der Waals surface area contributed by atoms with Crippen LogP contribution in [0.3, 0.4) is 0 Å². The molecule has 1 aliphatic rings. The maximum Gasteiger partial charge on any atom is 0.347 e. The van der Waals surface area contributed by atoms with E-state index in [2.05, 4.69) is 71.0 Å². The highest BCUT2D eigenvalue weighted by molar-refractivity contribution is 8.29. The Morgan fingerprint density at radius 2 is 1.81 bits per heavy atom. The van der Waals surface area contributed by atoms with E-state index in [-0.39, 0.29) is 5.97 Å². The van der Waals surface area contributed by atoms with Gasteiger partial charge in [-0.25, -0.2) is 4.79 Å². The molecule has 2 rings (SSSR count). The minimum atomic E-state index is -1.60. The number of fused-ring (bicyclic) bond motifs is 1. The molecule has 0 aromatic heterocycles. The van der Waals surface area contributed by atoms with Crippen LogP contribution < -0.4 is 4.74 Å². The van der Waals surface area contributed by atoms with E-state index in [4.69, 9.17) is 9.47 Å². The quantitative estimate of drug-likeness (QED) is 0.407. The summed E-state index contributed by atoms with van der Waals surface area (Å²) in [5, 5.41) is 0. The molecule has 0 N–H and O–H groups in total. The lowest BCUT2D eigenvalue weighted by molar-refractivity contribution is -0.152. The Bertz CT molecular complexity index is 606. The number of carbonyl (C=O) groups is 1. The van der Waals surface area contributed by atoms with Crippen LogP contribution in [0.4, 0.5) is 0 Å². The van der Waals surface area contributed by atoms with Crippen molar-refractivity contribution >= 4 is 24.4 Å². The molecule has 1 atom stereocenters. The van der Waals surface area contributed by atoms with Crippen LogP contribution in [0.25, 0.3) is 0 Å². The van der Waals surface area contributed by atoms with E-state index in [1.165, 1.54) is 10.5 Å². The van der Waals surface area contributed by atoms with Gasteiger partial charge in [0, 0.05) is 4.90 Å². The summed E-state index contributed by atoms with van der Waals surface area (Å²) < 4.78 is 11.1. The summed E-state index contributed by atoms with van der Waals surface area (Å²) in [5.41, 5.74) is 3.27. The van der Waals surface area contributed by atoms with Crippen molar-refractivity contribution in [1.82, 2.24) is 0 Å². The maximum atomic E-state index is 12.0. The fraction of sp³-hybridized carbons (Fsp3) is 0.667. The Labute approximate surface area is 163 Å². The molecule has 146 valence electrons. The van der Waals surface area contributed by atoms with E-state index in [1.807, 2.05) is 6.92 Å². The third-order valence-electron chi connectivity index (χ3n) is 5.53. The first-order chi connectivity index (χ1) is 12.2. The maximum absolute atomic E-state index is 12.0. The third kappa shape index (κ3) is 4.30. The summed E-state index contributed by atoms with van der Waals surface area (Å²) in [6, 6.07) is 6.58. The molecule has 0 fully saturated rings. The van der Waals surface area contributed by atoms with Crippen molar-refractivity contribution < 1.29 is 14.3 Å². The first-order valence-electron chi connectivity index (χ1n) is 9.87. The van der Waals surface area contributed by atoms with Gasteiger partial charge in [0.2, 0.25) is 0 Å². The second-order valence-electron chi connectivity index (χ2n) is 8.09. The number of esters is 1. The number of benzene rings is 1. The van der Waals surface area contributed by atoms with Gasteiger partial charge in [0.15, 0.2) is 6.10 Å². The van der Waals surface area contributed by atoms with Gasteiger partial charge in [-0.15, -0.1) is 0 Å². The number of hydrogen-bond donors (Lipinski definition) is 0. The molecule has 0 spiro atoms. The van der Waals surface area contributed by atoms with Crippen LogP contribution in [0.1, 0.15) is 60.5 Å². The van der Waals surface area contributed by atoms with Gasteiger partial charge in [0.1, 0.15) is 13.0 Å². The average molecular weight is 395 g/mol. The molecule has 0 aliphatic carbocycles. The average Bonchev–Trinajstić information content (AvgIpc) is 2.58. The fourth-order valence-electron chi connectivity index (χ4n) is 4.37. The molecular formula is C21H34O3SSi. The fourth-order valence-corrected chi connectivity index (χ4v) is 13.5. The molecule has 5 heteroatoms. The molecule has 1 aromatic rings. The molecule has 0 radical (unpaired) electrons. The van der Waals surface area contributed by atoms with Gasteiger partial charge in [-0.05, 0) is 54.1 Å². The normalized spacial score (nSPS) is 17.4. The Kier molecular flexibility index (Phi) is 7.25. The molecule has 3 nitrogen and oxygen atoms in total. The first-order valence-corrected chi connectivity index (χ1v) is 13.6. The molecular weight excluding hydrogens is 360 g/mol. The predicted molar refractivity (Wildman–Crippen MR) is 113 cm³/mol. The Morgan fingerprint density at radius 3 is 2.35 bits per heavy atom. The minimum absolute atomic E-state index is 0.244. The van der Waals surface area contributed by atoms with Crippen molar-refractivity contribution in [2.75, 3.05) is 6.61 Å². The van der Waals surface area contributed by atoms with Gasteiger partial charge < -0.3 is 9.47 Å². The summed E-state index contributed by atoms with van der Waals surface area (Å²) in [6.45, 7) is 16.5. The zero-order valence-corrected chi connectivity index (χ0v) is 19.1. The molecule has 1 aliphatic heterocycles. The van der Waals surface area contributed by atoms with E-state index in [0.717, 1.165) is 12.2 Å². The number of carbonyl (C=O) groups excluding carboxylic acids is 1. The third-order valence-corrected chi connectivity index (χ3v) is 17.8. The number of ether oxygens (including phenoxy) is 2. The lowest BCUT2D eigenvalue weighted by Gasteiger charge is -2.42. The number of aryl methyl sites for hydroxylation is 1. The first kappa shape index (κ1) is 21.4. The van der Waals surface area contributed by atoms with Gasteiger partial charge in [-0.1, -0.05) is 47.6 Å². The second-order valence-corrected chi connectivity index (χ2v) is 16.7. The molecule has 0 saturated carbocycles. The van der Waals surface area contributed by atoms with Gasteiger partial charge in [-0.2, -0.15) is 11.2 Å². The molecule has 0 saturated heterocycles. The van der Waals surface area contributed by atoms with Crippen molar-refractivity contribution in [1.29, 1.82) is 0 Å². The Hall–Kier alpha value is -0.943. The number of rotatable bonds is 7.